The molecule has 3 fully saturated rings. The van der Waals surface area contributed by atoms with Gasteiger partial charge in [-0.25, -0.2) is 0 Å². The van der Waals surface area contributed by atoms with E-state index in [4.69, 9.17) is 37.9 Å². The molecule has 0 aromatic carbocycles. The van der Waals surface area contributed by atoms with Crippen molar-refractivity contribution >= 4 is 35.8 Å². The van der Waals surface area contributed by atoms with Crippen LogP contribution < -0.4 is 0 Å². The number of aliphatic hydroxyl groups is 1. The van der Waals surface area contributed by atoms with E-state index in [1.807, 2.05) is 0 Å². The average molecular weight is 737 g/mol. The molecule has 0 amide bonds. The molecule has 0 aromatic rings. The molecule has 0 bridgehead atoms. The third-order valence-corrected chi connectivity index (χ3v) is 10.2. The Kier molecular flexibility index (Phi) is 12.3. The highest BCUT2D eigenvalue weighted by atomic mass is 16.7. The van der Waals surface area contributed by atoms with Crippen molar-refractivity contribution in [1.82, 2.24) is 0 Å². The minimum atomic E-state index is -2.34. The maximum Gasteiger partial charge on any atom is 0.312 e. The van der Waals surface area contributed by atoms with Crippen LogP contribution in [0.5, 0.6) is 0 Å². The van der Waals surface area contributed by atoms with Crippen molar-refractivity contribution in [3.8, 4) is 0 Å². The molecule has 15 heteroatoms. The van der Waals surface area contributed by atoms with Crippen LogP contribution in [0.25, 0.3) is 0 Å². The molecule has 4 rings (SSSR count). The van der Waals surface area contributed by atoms with E-state index in [0.717, 1.165) is 13.8 Å². The van der Waals surface area contributed by atoms with Gasteiger partial charge in [0.05, 0.1) is 24.5 Å². The molecule has 0 aromatic heterocycles. The smallest absolute Gasteiger partial charge is 0.312 e. The summed E-state index contributed by atoms with van der Waals surface area (Å²) in [5.41, 5.74) is -5.51. The minimum absolute atomic E-state index is 0.0516. The zero-order valence-electron chi connectivity index (χ0n) is 31.5. The second-order valence-corrected chi connectivity index (χ2v) is 15.2. The number of epoxide rings is 1. The van der Waals surface area contributed by atoms with Crippen molar-refractivity contribution in [2.24, 2.45) is 29.1 Å². The zero-order chi connectivity index (χ0) is 38.9. The Labute approximate surface area is 303 Å². The van der Waals surface area contributed by atoms with Crippen molar-refractivity contribution in [2.45, 2.75) is 123 Å². The van der Waals surface area contributed by atoms with Crippen LogP contribution in [0.1, 0.15) is 75.2 Å². The van der Waals surface area contributed by atoms with E-state index in [0.29, 0.717) is 5.57 Å². The molecule has 4 aliphatic rings. The Morgan fingerprint density at radius 1 is 0.865 bits per heavy atom. The van der Waals surface area contributed by atoms with Crippen LogP contribution in [0.2, 0.25) is 0 Å². The van der Waals surface area contributed by atoms with Gasteiger partial charge in [-0.15, -0.1) is 0 Å². The van der Waals surface area contributed by atoms with Gasteiger partial charge in [-0.2, -0.15) is 0 Å². The van der Waals surface area contributed by atoms with Crippen LogP contribution >= 0.6 is 0 Å². The summed E-state index contributed by atoms with van der Waals surface area (Å²) in [7, 11) is 1.43. The quantitative estimate of drug-likeness (QED) is 0.184. The second-order valence-electron chi connectivity index (χ2n) is 15.2. The first-order valence-electron chi connectivity index (χ1n) is 17.6. The van der Waals surface area contributed by atoms with Gasteiger partial charge in [0.1, 0.15) is 17.8 Å². The molecule has 1 spiro atoms. The van der Waals surface area contributed by atoms with Gasteiger partial charge < -0.3 is 43.0 Å². The zero-order valence-corrected chi connectivity index (χ0v) is 31.5. The standard InChI is InChI=1S/C37H52O15/c1-18(2)13-27(41)51-31-29(48-22(7)39)32(52-28(42)14-19(3)4)36(17-46-36)30-33(49-23(8)40)37(44)20(5)34(43)50-26(37)15-24(16-45-10)11-12-25(35(30,31)9)47-21(6)38/h11-12,15,18-20,25-26,29-33,44H,13-14,16-17H2,1-10H3/t20-,25-,26-,29+,30+,31-,32+,33-,35+,36-,37-/m0/s1. The first-order valence-corrected chi connectivity index (χ1v) is 17.6. The molecule has 52 heavy (non-hydrogen) atoms. The molecule has 11 atom stereocenters. The first-order chi connectivity index (χ1) is 24.2. The molecular formula is C37H52O15. The van der Waals surface area contributed by atoms with E-state index < -0.39 is 101 Å². The monoisotopic (exact) mass is 736 g/mol. The lowest BCUT2D eigenvalue weighted by molar-refractivity contribution is -0.280. The second kappa shape index (κ2) is 15.7. The molecule has 2 aliphatic carbocycles. The molecular weight excluding hydrogens is 684 g/mol. The minimum Gasteiger partial charge on any atom is -0.459 e. The fourth-order valence-electron chi connectivity index (χ4n) is 7.96. The van der Waals surface area contributed by atoms with Crippen molar-refractivity contribution in [3.63, 3.8) is 0 Å². The van der Waals surface area contributed by atoms with Gasteiger partial charge in [0.2, 0.25) is 0 Å². The fourth-order valence-corrected chi connectivity index (χ4v) is 7.96. The number of carbonyl (C=O) groups is 6. The Hall–Kier alpha value is -3.82. The normalized spacial score (nSPS) is 36.6. The summed E-state index contributed by atoms with van der Waals surface area (Å²) in [5.74, 6) is -7.74. The lowest BCUT2D eigenvalue weighted by Gasteiger charge is -2.59. The summed E-state index contributed by atoms with van der Waals surface area (Å²) in [4.78, 5) is 79.5. The number of rotatable bonds is 11. The van der Waals surface area contributed by atoms with E-state index in [-0.39, 0.29) is 37.9 Å². The van der Waals surface area contributed by atoms with E-state index >= 15 is 0 Å². The van der Waals surface area contributed by atoms with Crippen molar-refractivity contribution in [1.29, 1.82) is 0 Å². The van der Waals surface area contributed by atoms with E-state index in [1.54, 1.807) is 40.7 Å². The predicted octanol–water partition coefficient (Wildman–Crippen LogP) is 2.54. The Bertz CT molecular complexity index is 1480. The number of methoxy groups -OCH3 is 1. The van der Waals surface area contributed by atoms with E-state index in [1.165, 1.54) is 33.1 Å². The molecule has 290 valence electrons. The molecule has 15 nitrogen and oxygen atoms in total. The van der Waals surface area contributed by atoms with Gasteiger partial charge in [0.25, 0.3) is 0 Å². The Morgan fingerprint density at radius 2 is 1.40 bits per heavy atom. The first kappa shape index (κ1) is 40.9. The predicted molar refractivity (Wildman–Crippen MR) is 179 cm³/mol. The van der Waals surface area contributed by atoms with E-state index in [2.05, 4.69) is 0 Å². The number of esters is 6. The summed E-state index contributed by atoms with van der Waals surface area (Å²) >= 11 is 0. The fraction of sp³-hybridized carbons (Fsp3) is 0.730. The van der Waals surface area contributed by atoms with Crippen LogP contribution in [-0.4, -0.2) is 109 Å². The molecule has 2 saturated heterocycles. The molecule has 1 N–H and O–H groups in total. The van der Waals surface area contributed by atoms with Crippen LogP contribution in [0.15, 0.2) is 23.8 Å². The van der Waals surface area contributed by atoms with Crippen LogP contribution in [-0.2, 0) is 66.7 Å². The Balaban J connectivity index is 2.16. The topological polar surface area (TPSA) is 200 Å². The molecule has 0 radical (unpaired) electrons. The van der Waals surface area contributed by atoms with Gasteiger partial charge in [0, 0.05) is 46.6 Å². The third kappa shape index (κ3) is 7.91. The highest BCUT2D eigenvalue weighted by molar-refractivity contribution is 5.78. The van der Waals surface area contributed by atoms with Gasteiger partial charge in [-0.05, 0) is 36.5 Å². The van der Waals surface area contributed by atoms with Crippen LogP contribution in [0.3, 0.4) is 0 Å². The van der Waals surface area contributed by atoms with Crippen molar-refractivity contribution in [3.05, 3.63) is 23.8 Å². The summed E-state index contributed by atoms with van der Waals surface area (Å²) in [6.45, 7) is 13.3. The lowest BCUT2D eigenvalue weighted by Crippen LogP contribution is -2.76. The molecule has 0 unspecified atom stereocenters. The number of ether oxygens (including phenoxy) is 8. The SMILES string of the molecule is COCC1=C[C@@H]2OC(=O)[C@H](C)[C@@]2(O)[C@@H](OC(C)=O)[C@H]2[C@@]3(CO3)[C@H](OC(=O)CC(C)C)[C@H](OC(C)=O)[C@H](OC(=O)CC(C)C)[C@]2(C)[C@@H](OC(C)=O)C=C1. The number of hydrogen-bond donors (Lipinski definition) is 1. The number of fused-ring (bicyclic) bond motifs is 3. The number of hydrogen-bond acceptors (Lipinski definition) is 15. The largest absolute Gasteiger partial charge is 0.459 e. The highest BCUT2D eigenvalue weighted by Crippen LogP contribution is 2.63. The van der Waals surface area contributed by atoms with Crippen LogP contribution in [0.4, 0.5) is 0 Å². The summed E-state index contributed by atoms with van der Waals surface area (Å²) in [6.07, 6.45) is -4.84. The summed E-state index contributed by atoms with van der Waals surface area (Å²) < 4.78 is 47.7. The van der Waals surface area contributed by atoms with Gasteiger partial charge in [-0.3, -0.25) is 28.8 Å². The Morgan fingerprint density at radius 3 is 1.88 bits per heavy atom. The van der Waals surface area contributed by atoms with Crippen molar-refractivity contribution < 1.29 is 71.8 Å². The summed E-state index contributed by atoms with van der Waals surface area (Å²) in [6, 6.07) is 0. The lowest BCUT2D eigenvalue weighted by atomic mass is 9.51. The van der Waals surface area contributed by atoms with Gasteiger partial charge in [-0.1, -0.05) is 40.7 Å². The van der Waals surface area contributed by atoms with Gasteiger partial charge in [0.15, 0.2) is 30.0 Å². The molecule has 2 heterocycles. The number of carbonyl (C=O) groups excluding carboxylic acids is 6. The molecule has 1 saturated carbocycles. The highest BCUT2D eigenvalue weighted by Gasteiger charge is 2.81. The summed E-state index contributed by atoms with van der Waals surface area (Å²) in [5, 5.41) is 12.9. The average Bonchev–Trinajstić information content (AvgIpc) is 3.76. The van der Waals surface area contributed by atoms with Crippen LogP contribution in [0, 0.1) is 29.1 Å². The maximum atomic E-state index is 13.7. The van der Waals surface area contributed by atoms with Crippen molar-refractivity contribution in [2.75, 3.05) is 20.3 Å². The van der Waals surface area contributed by atoms with Gasteiger partial charge >= 0.3 is 35.8 Å². The van der Waals surface area contributed by atoms with E-state index in [9.17, 15) is 33.9 Å². The maximum absolute atomic E-state index is 13.7. The molecule has 2 aliphatic heterocycles. The third-order valence-electron chi connectivity index (χ3n) is 10.2.